The van der Waals surface area contributed by atoms with Crippen molar-refractivity contribution in [2.75, 3.05) is 18.2 Å². The molecule has 9 nitrogen and oxygen atoms in total. The van der Waals surface area contributed by atoms with Gasteiger partial charge in [-0.3, -0.25) is 14.2 Å². The van der Waals surface area contributed by atoms with Crippen molar-refractivity contribution in [3.05, 3.63) is 52.7 Å². The van der Waals surface area contributed by atoms with Crippen LogP contribution in [0.2, 0.25) is 0 Å². The normalized spacial score (nSPS) is 10.6. The molecular formula is C18H17N5O4S. The van der Waals surface area contributed by atoms with Gasteiger partial charge in [-0.2, -0.15) is 0 Å². The molecule has 1 amide bonds. The highest BCUT2D eigenvalue weighted by molar-refractivity contribution is 7.98. The topological polar surface area (TPSA) is 116 Å². The number of carbonyl (C=O) groups is 2. The van der Waals surface area contributed by atoms with E-state index in [9.17, 15) is 14.4 Å². The lowest BCUT2D eigenvalue weighted by atomic mass is 10.2. The van der Waals surface area contributed by atoms with E-state index in [1.54, 1.807) is 31.2 Å². The zero-order chi connectivity index (χ0) is 20.1. The number of hydrogen-bond acceptors (Lipinski definition) is 8. The van der Waals surface area contributed by atoms with Crippen molar-refractivity contribution in [1.82, 2.24) is 19.5 Å². The largest absolute Gasteiger partial charge is 0.462 e. The van der Waals surface area contributed by atoms with Crippen molar-refractivity contribution in [2.45, 2.75) is 18.6 Å². The number of carbonyl (C=O) groups excluding carboxylic acids is 2. The van der Waals surface area contributed by atoms with E-state index in [2.05, 4.69) is 20.3 Å². The summed E-state index contributed by atoms with van der Waals surface area (Å²) < 4.78 is 6.10. The van der Waals surface area contributed by atoms with Crippen molar-refractivity contribution < 1.29 is 14.3 Å². The van der Waals surface area contributed by atoms with E-state index >= 15 is 0 Å². The zero-order valence-corrected chi connectivity index (χ0v) is 16.0. The Bertz CT molecular complexity index is 1080. The molecule has 0 aliphatic carbocycles. The highest BCUT2D eigenvalue weighted by atomic mass is 32.2. The molecule has 0 saturated heterocycles. The number of rotatable bonds is 6. The van der Waals surface area contributed by atoms with E-state index < -0.39 is 17.4 Å². The maximum Gasteiger partial charge on any atom is 0.338 e. The first-order valence-corrected chi connectivity index (χ1v) is 9.57. The summed E-state index contributed by atoms with van der Waals surface area (Å²) in [4.78, 5) is 48.8. The van der Waals surface area contributed by atoms with Gasteiger partial charge >= 0.3 is 5.97 Å². The fraction of sp³-hybridized carbons (Fsp3) is 0.222. The van der Waals surface area contributed by atoms with Crippen molar-refractivity contribution in [2.24, 2.45) is 0 Å². The van der Waals surface area contributed by atoms with E-state index in [0.29, 0.717) is 16.4 Å². The van der Waals surface area contributed by atoms with Crippen LogP contribution in [0.1, 0.15) is 17.3 Å². The van der Waals surface area contributed by atoms with Gasteiger partial charge in [0.15, 0.2) is 10.8 Å². The summed E-state index contributed by atoms with van der Waals surface area (Å²) in [5.41, 5.74) is 0.772. The van der Waals surface area contributed by atoms with Gasteiger partial charge in [0.25, 0.3) is 5.56 Å². The molecule has 0 bridgehead atoms. The number of fused-ring (bicyclic) bond motifs is 1. The van der Waals surface area contributed by atoms with E-state index in [1.165, 1.54) is 28.9 Å². The van der Waals surface area contributed by atoms with E-state index in [0.717, 1.165) is 0 Å². The monoisotopic (exact) mass is 399 g/mol. The lowest BCUT2D eigenvalue weighted by Crippen LogP contribution is -2.28. The number of hydrogen-bond donors (Lipinski definition) is 1. The van der Waals surface area contributed by atoms with Crippen LogP contribution in [0.3, 0.4) is 0 Å². The second-order valence-corrected chi connectivity index (χ2v) is 6.39. The number of aromatic nitrogens is 4. The predicted octanol–water partition coefficient (Wildman–Crippen LogP) is 1.72. The summed E-state index contributed by atoms with van der Waals surface area (Å²) in [6.07, 6.45) is 4.52. The van der Waals surface area contributed by atoms with E-state index in [4.69, 9.17) is 4.74 Å². The number of nitrogens with one attached hydrogen (secondary N) is 1. The fourth-order valence-corrected chi connectivity index (χ4v) is 2.74. The minimum atomic E-state index is -0.430. The molecule has 0 fully saturated rings. The first-order chi connectivity index (χ1) is 13.5. The Hall–Kier alpha value is -3.27. The number of nitrogens with zero attached hydrogens (tertiary/aromatic N) is 4. The molecule has 0 unspecified atom stereocenters. The molecule has 144 valence electrons. The molecule has 0 spiro atoms. The summed E-state index contributed by atoms with van der Waals surface area (Å²) >= 11 is 1.35. The van der Waals surface area contributed by atoms with Gasteiger partial charge in [-0.1, -0.05) is 11.8 Å². The van der Waals surface area contributed by atoms with Gasteiger partial charge in [0.05, 0.1) is 12.2 Å². The Labute approximate surface area is 164 Å². The van der Waals surface area contributed by atoms with Crippen LogP contribution in [0.25, 0.3) is 11.0 Å². The Morgan fingerprint density at radius 1 is 1.21 bits per heavy atom. The molecule has 10 heteroatoms. The van der Waals surface area contributed by atoms with Gasteiger partial charge < -0.3 is 10.1 Å². The van der Waals surface area contributed by atoms with Crippen molar-refractivity contribution in [1.29, 1.82) is 0 Å². The smallest absolute Gasteiger partial charge is 0.338 e. The molecule has 0 atom stereocenters. The molecule has 2 heterocycles. The molecule has 0 saturated carbocycles. The Morgan fingerprint density at radius 2 is 1.96 bits per heavy atom. The van der Waals surface area contributed by atoms with Crippen LogP contribution in [0.5, 0.6) is 0 Å². The minimum Gasteiger partial charge on any atom is -0.462 e. The molecule has 28 heavy (non-hydrogen) atoms. The van der Waals surface area contributed by atoms with Gasteiger partial charge in [-0.25, -0.2) is 19.7 Å². The maximum absolute atomic E-state index is 12.5. The number of ether oxygens (including phenoxy) is 1. The highest BCUT2D eigenvalue weighted by Gasteiger charge is 2.11. The Morgan fingerprint density at radius 3 is 2.64 bits per heavy atom. The third-order valence-corrected chi connectivity index (χ3v) is 4.30. The number of benzene rings is 1. The van der Waals surface area contributed by atoms with E-state index in [1.807, 2.05) is 6.26 Å². The van der Waals surface area contributed by atoms with Gasteiger partial charge in [-0.05, 0) is 37.4 Å². The fourth-order valence-electron chi connectivity index (χ4n) is 2.41. The number of esters is 1. The molecule has 2 aromatic heterocycles. The summed E-state index contributed by atoms with van der Waals surface area (Å²) in [5.74, 6) is -0.838. The van der Waals surface area contributed by atoms with Crippen LogP contribution < -0.4 is 10.9 Å². The molecule has 3 aromatic rings. The first kappa shape index (κ1) is 19.5. The third-order valence-electron chi connectivity index (χ3n) is 3.73. The second kappa shape index (κ2) is 8.61. The Balaban J connectivity index is 1.72. The summed E-state index contributed by atoms with van der Waals surface area (Å²) in [7, 11) is 0. The van der Waals surface area contributed by atoms with E-state index in [-0.39, 0.29) is 24.2 Å². The standard InChI is InChI=1S/C18H17N5O4S/c1-3-27-17(26)11-4-6-12(7-5-11)21-14(24)9-23-10-20-15-13(16(23)25)8-19-18(22-15)28-2/h4-8,10H,3,9H2,1-2H3,(H,21,24). The lowest BCUT2D eigenvalue weighted by molar-refractivity contribution is -0.116. The number of anilines is 1. The summed E-state index contributed by atoms with van der Waals surface area (Å²) in [5, 5.41) is 3.43. The Kier molecular flexibility index (Phi) is 5.99. The van der Waals surface area contributed by atoms with Crippen molar-refractivity contribution in [3.63, 3.8) is 0 Å². The van der Waals surface area contributed by atoms with Crippen LogP contribution >= 0.6 is 11.8 Å². The predicted molar refractivity (Wildman–Crippen MR) is 104 cm³/mol. The molecule has 0 aliphatic heterocycles. The first-order valence-electron chi connectivity index (χ1n) is 8.35. The van der Waals surface area contributed by atoms with Crippen LogP contribution in [-0.2, 0) is 16.1 Å². The SMILES string of the molecule is CCOC(=O)c1ccc(NC(=O)Cn2cnc3nc(SC)ncc3c2=O)cc1. The van der Waals surface area contributed by atoms with Crippen LogP contribution in [0, 0.1) is 0 Å². The zero-order valence-electron chi connectivity index (χ0n) is 15.2. The number of amides is 1. The third kappa shape index (κ3) is 4.34. The highest BCUT2D eigenvalue weighted by Crippen LogP contribution is 2.12. The molecule has 1 aromatic carbocycles. The average Bonchev–Trinajstić information content (AvgIpc) is 2.70. The summed E-state index contributed by atoms with van der Waals surface area (Å²) in [6.45, 7) is 1.80. The van der Waals surface area contributed by atoms with Gasteiger partial charge in [0, 0.05) is 11.9 Å². The van der Waals surface area contributed by atoms with Gasteiger partial charge in [-0.15, -0.1) is 0 Å². The molecule has 3 rings (SSSR count). The summed E-state index contributed by atoms with van der Waals surface area (Å²) in [6, 6.07) is 6.28. The second-order valence-electron chi connectivity index (χ2n) is 5.62. The molecule has 0 radical (unpaired) electrons. The average molecular weight is 399 g/mol. The molecular weight excluding hydrogens is 382 g/mol. The van der Waals surface area contributed by atoms with Gasteiger partial charge in [0.2, 0.25) is 5.91 Å². The van der Waals surface area contributed by atoms with Gasteiger partial charge in [0.1, 0.15) is 18.3 Å². The quantitative estimate of drug-likeness (QED) is 0.378. The van der Waals surface area contributed by atoms with Crippen LogP contribution in [0.15, 0.2) is 46.7 Å². The van der Waals surface area contributed by atoms with Crippen LogP contribution in [0.4, 0.5) is 5.69 Å². The minimum absolute atomic E-state index is 0.217. The number of thioether (sulfide) groups is 1. The van der Waals surface area contributed by atoms with Crippen molar-refractivity contribution >= 4 is 40.4 Å². The molecule has 0 aliphatic rings. The van der Waals surface area contributed by atoms with Crippen LogP contribution in [-0.4, -0.2) is 44.3 Å². The van der Waals surface area contributed by atoms with Crippen molar-refractivity contribution in [3.8, 4) is 0 Å². The molecule has 1 N–H and O–H groups in total. The maximum atomic E-state index is 12.5. The lowest BCUT2D eigenvalue weighted by Gasteiger charge is -2.08.